The smallest absolute Gasteiger partial charge is 0.230 e. The molecule has 3 rings (SSSR count). The Morgan fingerprint density at radius 1 is 1.23 bits per heavy atom. The van der Waals surface area contributed by atoms with Crippen LogP contribution >= 0.6 is 23.1 Å². The van der Waals surface area contributed by atoms with E-state index in [1.165, 1.54) is 27.8 Å². The summed E-state index contributed by atoms with van der Waals surface area (Å²) in [6.07, 6.45) is 0.826. The molecule has 1 amide bonds. The lowest BCUT2D eigenvalue weighted by molar-refractivity contribution is -0.118. The quantitative estimate of drug-likeness (QED) is 0.499. The van der Waals surface area contributed by atoms with Crippen molar-refractivity contribution in [3.05, 3.63) is 45.8 Å². The van der Waals surface area contributed by atoms with Crippen molar-refractivity contribution in [2.45, 2.75) is 32.3 Å². The minimum absolute atomic E-state index is 0.0237. The van der Waals surface area contributed by atoms with Crippen LogP contribution in [-0.4, -0.2) is 28.2 Å². The number of thioether (sulfide) groups is 1. The van der Waals surface area contributed by atoms with Crippen molar-refractivity contribution < 1.29 is 4.79 Å². The molecule has 0 unspecified atom stereocenters. The van der Waals surface area contributed by atoms with Crippen LogP contribution in [0.1, 0.15) is 21.6 Å². The van der Waals surface area contributed by atoms with Crippen molar-refractivity contribution in [1.29, 1.82) is 0 Å². The first kappa shape index (κ1) is 18.7. The van der Waals surface area contributed by atoms with Gasteiger partial charge < -0.3 is 11.1 Å². The molecule has 7 heteroatoms. The molecule has 136 valence electrons. The Kier molecular flexibility index (Phi) is 5.78. The average Bonchev–Trinajstić information content (AvgIpc) is 2.89. The molecule has 0 aliphatic heterocycles. The Morgan fingerprint density at radius 2 is 2.00 bits per heavy atom. The number of nitrogen functional groups attached to an aromatic ring is 1. The summed E-state index contributed by atoms with van der Waals surface area (Å²) in [5.41, 5.74) is 9.71. The van der Waals surface area contributed by atoms with Gasteiger partial charge in [-0.05, 0) is 43.9 Å². The molecule has 5 nitrogen and oxygen atoms in total. The van der Waals surface area contributed by atoms with Crippen molar-refractivity contribution in [3.63, 3.8) is 0 Å². The highest BCUT2D eigenvalue weighted by atomic mass is 32.2. The van der Waals surface area contributed by atoms with E-state index < -0.39 is 0 Å². The van der Waals surface area contributed by atoms with Gasteiger partial charge in [-0.25, -0.2) is 9.97 Å². The third-order valence-corrected chi connectivity index (χ3v) is 6.29. The second kappa shape index (κ2) is 8.05. The fraction of sp³-hybridized carbons (Fsp3) is 0.316. The van der Waals surface area contributed by atoms with Crippen molar-refractivity contribution in [2.24, 2.45) is 0 Å². The van der Waals surface area contributed by atoms with E-state index in [-0.39, 0.29) is 11.7 Å². The predicted octanol–water partition coefficient (Wildman–Crippen LogP) is 3.65. The number of nitrogens with one attached hydrogen (secondary N) is 1. The van der Waals surface area contributed by atoms with Crippen LogP contribution in [0.4, 0.5) is 5.82 Å². The molecular weight excluding hydrogens is 364 g/mol. The van der Waals surface area contributed by atoms with Crippen molar-refractivity contribution >= 4 is 45.0 Å². The normalized spacial score (nSPS) is 11.0. The Morgan fingerprint density at radius 3 is 2.77 bits per heavy atom. The number of hydrogen-bond acceptors (Lipinski definition) is 6. The van der Waals surface area contributed by atoms with Crippen molar-refractivity contribution in [3.8, 4) is 0 Å². The van der Waals surface area contributed by atoms with E-state index >= 15 is 0 Å². The fourth-order valence-corrected chi connectivity index (χ4v) is 4.51. The number of fused-ring (bicyclic) bond motifs is 1. The number of carbonyl (C=O) groups excluding carboxylic acids is 1. The fourth-order valence-electron chi connectivity index (χ4n) is 2.73. The van der Waals surface area contributed by atoms with Gasteiger partial charge in [0, 0.05) is 11.4 Å². The summed E-state index contributed by atoms with van der Waals surface area (Å²) in [5.74, 6) is 0.742. The third kappa shape index (κ3) is 4.16. The summed E-state index contributed by atoms with van der Waals surface area (Å²) in [6, 6.07) is 8.21. The Bertz CT molecular complexity index is 952. The van der Waals surface area contributed by atoms with Crippen LogP contribution in [0.25, 0.3) is 10.2 Å². The molecule has 3 aromatic rings. The Hall–Kier alpha value is -2.12. The molecule has 0 aliphatic rings. The number of nitrogens with zero attached hydrogens (tertiary/aromatic N) is 2. The molecular formula is C19H22N4OS2. The number of benzene rings is 1. The molecule has 0 radical (unpaired) electrons. The Balaban J connectivity index is 1.54. The number of amides is 1. The van der Waals surface area contributed by atoms with Gasteiger partial charge in [0.15, 0.2) is 5.16 Å². The number of nitrogens with two attached hydrogens (primary N) is 1. The summed E-state index contributed by atoms with van der Waals surface area (Å²) < 4.78 is 0. The van der Waals surface area contributed by atoms with Gasteiger partial charge in [-0.3, -0.25) is 4.79 Å². The predicted molar refractivity (Wildman–Crippen MR) is 110 cm³/mol. The van der Waals surface area contributed by atoms with Crippen LogP contribution in [0.3, 0.4) is 0 Å². The molecule has 26 heavy (non-hydrogen) atoms. The molecule has 0 spiro atoms. The number of hydrogen-bond donors (Lipinski definition) is 2. The maximum Gasteiger partial charge on any atom is 0.230 e. The van der Waals surface area contributed by atoms with Gasteiger partial charge in [0.25, 0.3) is 0 Å². The lowest BCUT2D eigenvalue weighted by Gasteiger charge is -2.07. The topological polar surface area (TPSA) is 80.9 Å². The summed E-state index contributed by atoms with van der Waals surface area (Å²) >= 11 is 2.92. The third-order valence-electron chi connectivity index (χ3n) is 4.35. The second-order valence-electron chi connectivity index (χ2n) is 6.17. The zero-order valence-corrected chi connectivity index (χ0v) is 16.8. The van der Waals surface area contributed by atoms with Crippen LogP contribution in [0.5, 0.6) is 0 Å². The number of thiophene rings is 1. The van der Waals surface area contributed by atoms with Gasteiger partial charge in [-0.15, -0.1) is 11.3 Å². The summed E-state index contributed by atoms with van der Waals surface area (Å²) in [6.45, 7) is 6.78. The van der Waals surface area contributed by atoms with E-state index in [4.69, 9.17) is 5.73 Å². The second-order valence-corrected chi connectivity index (χ2v) is 8.32. The van der Waals surface area contributed by atoms with Gasteiger partial charge in [-0.2, -0.15) is 0 Å². The Labute approximate surface area is 161 Å². The molecule has 2 heterocycles. The molecule has 0 atom stereocenters. The van der Waals surface area contributed by atoms with Gasteiger partial charge >= 0.3 is 0 Å². The van der Waals surface area contributed by atoms with Gasteiger partial charge in [0.1, 0.15) is 10.6 Å². The van der Waals surface area contributed by atoms with Gasteiger partial charge in [0.2, 0.25) is 5.91 Å². The standard InChI is InChI=1S/C19H22N4OS2/c1-11-6-4-5-7-14(11)8-9-21-15(24)10-25-19-22-17(20)16-12(2)13(3)26-18(16)23-19/h4-7H,8-10H2,1-3H3,(H,21,24)(H2,20,22,23). The number of carbonyl (C=O) groups is 1. The molecule has 0 fully saturated rings. The highest BCUT2D eigenvalue weighted by Crippen LogP contribution is 2.33. The monoisotopic (exact) mass is 386 g/mol. The SMILES string of the molecule is Cc1ccccc1CCNC(=O)CSc1nc(N)c2c(C)c(C)sc2n1. The molecule has 3 N–H and O–H groups in total. The summed E-state index contributed by atoms with van der Waals surface area (Å²) in [7, 11) is 0. The van der Waals surface area contributed by atoms with Crippen LogP contribution < -0.4 is 11.1 Å². The zero-order valence-electron chi connectivity index (χ0n) is 15.1. The van der Waals surface area contributed by atoms with Crippen LogP contribution in [0, 0.1) is 20.8 Å². The minimum Gasteiger partial charge on any atom is -0.383 e. The van der Waals surface area contributed by atoms with E-state index in [0.717, 1.165) is 22.2 Å². The van der Waals surface area contributed by atoms with Crippen LogP contribution in [0.2, 0.25) is 0 Å². The highest BCUT2D eigenvalue weighted by Gasteiger charge is 2.13. The zero-order chi connectivity index (χ0) is 18.7. The molecule has 0 aliphatic carbocycles. The minimum atomic E-state index is -0.0237. The lowest BCUT2D eigenvalue weighted by Crippen LogP contribution is -2.27. The van der Waals surface area contributed by atoms with E-state index in [9.17, 15) is 4.79 Å². The maximum absolute atomic E-state index is 12.1. The highest BCUT2D eigenvalue weighted by molar-refractivity contribution is 7.99. The first-order valence-corrected chi connectivity index (χ1v) is 10.2. The molecule has 1 aromatic carbocycles. The van der Waals surface area contributed by atoms with Gasteiger partial charge in [0.05, 0.1) is 11.1 Å². The lowest BCUT2D eigenvalue weighted by atomic mass is 10.1. The first-order chi connectivity index (χ1) is 12.5. The van der Waals surface area contributed by atoms with E-state index in [1.54, 1.807) is 11.3 Å². The van der Waals surface area contributed by atoms with Crippen LogP contribution in [-0.2, 0) is 11.2 Å². The van der Waals surface area contributed by atoms with E-state index in [2.05, 4.69) is 41.3 Å². The molecule has 0 saturated carbocycles. The van der Waals surface area contributed by atoms with Crippen LogP contribution in [0.15, 0.2) is 29.4 Å². The van der Waals surface area contributed by atoms with Crippen molar-refractivity contribution in [2.75, 3.05) is 18.0 Å². The summed E-state index contributed by atoms with van der Waals surface area (Å²) in [5, 5.41) is 4.43. The largest absolute Gasteiger partial charge is 0.383 e. The maximum atomic E-state index is 12.1. The first-order valence-electron chi connectivity index (χ1n) is 8.43. The van der Waals surface area contributed by atoms with E-state index in [1.807, 2.05) is 19.1 Å². The number of rotatable bonds is 6. The van der Waals surface area contributed by atoms with Gasteiger partial charge in [-0.1, -0.05) is 36.0 Å². The average molecular weight is 387 g/mol. The molecule has 0 saturated heterocycles. The van der Waals surface area contributed by atoms with E-state index in [0.29, 0.717) is 17.5 Å². The number of aromatic nitrogens is 2. The summed E-state index contributed by atoms with van der Waals surface area (Å²) in [4.78, 5) is 23.0. The van der Waals surface area contributed by atoms with Crippen molar-refractivity contribution in [1.82, 2.24) is 15.3 Å². The molecule has 2 aromatic heterocycles. The number of anilines is 1. The number of aryl methyl sites for hydroxylation is 3. The molecule has 0 bridgehead atoms.